The molecule has 84 valence electrons. The summed E-state index contributed by atoms with van der Waals surface area (Å²) in [7, 11) is -1.12. The van der Waals surface area contributed by atoms with Crippen LogP contribution >= 0.6 is 23.2 Å². The van der Waals surface area contributed by atoms with E-state index in [1.54, 1.807) is 18.2 Å². The zero-order valence-corrected chi connectivity index (χ0v) is 10.7. The van der Waals surface area contributed by atoms with Crippen molar-refractivity contribution in [2.75, 3.05) is 5.75 Å². The predicted octanol–water partition coefficient (Wildman–Crippen LogP) is 2.84. The first-order valence-corrected chi connectivity index (χ1v) is 6.67. The van der Waals surface area contributed by atoms with Gasteiger partial charge in [0, 0.05) is 16.8 Å². The van der Waals surface area contributed by atoms with Gasteiger partial charge in [0.15, 0.2) is 0 Å². The molecule has 0 aliphatic rings. The molecule has 2 N–H and O–H groups in total. The van der Waals surface area contributed by atoms with Gasteiger partial charge in [0.25, 0.3) is 0 Å². The second-order valence-electron chi connectivity index (χ2n) is 3.39. The number of rotatable bonds is 4. The van der Waals surface area contributed by atoms with Crippen LogP contribution in [0.1, 0.15) is 13.3 Å². The van der Waals surface area contributed by atoms with E-state index in [0.717, 1.165) is 0 Å². The lowest BCUT2D eigenvalue weighted by atomic mass is 10.3. The summed E-state index contributed by atoms with van der Waals surface area (Å²) in [4.78, 5) is 0.588. The molecule has 0 aliphatic heterocycles. The highest BCUT2D eigenvalue weighted by atomic mass is 35.5. The SMILES string of the molecule is CC(N)CCS(=O)c1cc(Cl)ccc1Cl. The minimum Gasteiger partial charge on any atom is -0.328 e. The molecule has 15 heavy (non-hydrogen) atoms. The van der Waals surface area contributed by atoms with Crippen LogP contribution in [0.3, 0.4) is 0 Å². The Hall–Kier alpha value is -0.0900. The molecule has 1 rings (SSSR count). The van der Waals surface area contributed by atoms with Crippen molar-refractivity contribution in [3.8, 4) is 0 Å². The van der Waals surface area contributed by atoms with Gasteiger partial charge in [0.05, 0.1) is 20.7 Å². The van der Waals surface area contributed by atoms with Crippen molar-refractivity contribution >= 4 is 34.0 Å². The molecule has 2 unspecified atom stereocenters. The Morgan fingerprint density at radius 1 is 1.47 bits per heavy atom. The number of nitrogens with two attached hydrogens (primary N) is 1. The van der Waals surface area contributed by atoms with Gasteiger partial charge in [-0.05, 0) is 31.5 Å². The van der Waals surface area contributed by atoms with Crippen molar-refractivity contribution in [3.05, 3.63) is 28.2 Å². The molecule has 0 heterocycles. The van der Waals surface area contributed by atoms with Crippen LogP contribution in [0, 0.1) is 0 Å². The first-order chi connectivity index (χ1) is 7.00. The van der Waals surface area contributed by atoms with Crippen LogP contribution in [0.2, 0.25) is 10.0 Å². The smallest absolute Gasteiger partial charge is 0.0589 e. The van der Waals surface area contributed by atoms with Crippen LogP contribution in [0.15, 0.2) is 23.1 Å². The summed E-state index contributed by atoms with van der Waals surface area (Å²) in [5.74, 6) is 0.512. The molecule has 0 aromatic heterocycles. The molecule has 0 saturated carbocycles. The number of benzene rings is 1. The third-order valence-corrected chi connectivity index (χ3v) is 4.01. The molecule has 0 fully saturated rings. The Kier molecular flexibility index (Phi) is 5.06. The van der Waals surface area contributed by atoms with Crippen LogP contribution in [0.5, 0.6) is 0 Å². The highest BCUT2D eigenvalue weighted by Crippen LogP contribution is 2.24. The van der Waals surface area contributed by atoms with Gasteiger partial charge in [-0.15, -0.1) is 0 Å². The molecule has 1 aromatic carbocycles. The third-order valence-electron chi connectivity index (χ3n) is 1.90. The Morgan fingerprint density at radius 3 is 2.73 bits per heavy atom. The zero-order valence-electron chi connectivity index (χ0n) is 8.37. The van der Waals surface area contributed by atoms with E-state index in [0.29, 0.717) is 27.1 Å². The van der Waals surface area contributed by atoms with E-state index in [1.165, 1.54) is 0 Å². The summed E-state index contributed by atoms with van der Waals surface area (Å²) < 4.78 is 11.8. The van der Waals surface area contributed by atoms with Gasteiger partial charge in [0.1, 0.15) is 0 Å². The molecule has 0 aliphatic carbocycles. The second kappa shape index (κ2) is 5.85. The fourth-order valence-corrected chi connectivity index (χ4v) is 3.02. The number of halogens is 2. The molecular formula is C10H13Cl2NOS. The van der Waals surface area contributed by atoms with Gasteiger partial charge in [-0.3, -0.25) is 4.21 Å². The summed E-state index contributed by atoms with van der Waals surface area (Å²) >= 11 is 11.7. The number of hydrogen-bond donors (Lipinski definition) is 1. The molecule has 2 atom stereocenters. The first-order valence-electron chi connectivity index (χ1n) is 4.59. The Morgan fingerprint density at radius 2 is 2.13 bits per heavy atom. The van der Waals surface area contributed by atoms with E-state index in [1.807, 2.05) is 6.92 Å². The van der Waals surface area contributed by atoms with Crippen molar-refractivity contribution in [2.24, 2.45) is 5.73 Å². The first kappa shape index (κ1) is 13.0. The Balaban J connectivity index is 2.77. The highest BCUT2D eigenvalue weighted by Gasteiger charge is 2.10. The van der Waals surface area contributed by atoms with Gasteiger partial charge >= 0.3 is 0 Å². The quantitative estimate of drug-likeness (QED) is 0.910. The average molecular weight is 266 g/mol. The molecule has 1 aromatic rings. The second-order valence-corrected chi connectivity index (χ2v) is 5.77. The fourth-order valence-electron chi connectivity index (χ4n) is 1.05. The topological polar surface area (TPSA) is 43.1 Å². The zero-order chi connectivity index (χ0) is 11.4. The van der Waals surface area contributed by atoms with Gasteiger partial charge < -0.3 is 5.73 Å². The van der Waals surface area contributed by atoms with E-state index in [2.05, 4.69) is 0 Å². The van der Waals surface area contributed by atoms with Crippen molar-refractivity contribution in [1.29, 1.82) is 0 Å². The molecule has 0 amide bonds. The maximum absolute atomic E-state index is 11.8. The third kappa shape index (κ3) is 4.11. The molecule has 0 saturated heterocycles. The van der Waals surface area contributed by atoms with Crippen molar-refractivity contribution in [2.45, 2.75) is 24.3 Å². The monoisotopic (exact) mass is 265 g/mol. The van der Waals surface area contributed by atoms with E-state index in [4.69, 9.17) is 28.9 Å². The minimum atomic E-state index is -1.12. The van der Waals surface area contributed by atoms with Crippen LogP contribution < -0.4 is 5.73 Å². The lowest BCUT2D eigenvalue weighted by Crippen LogP contribution is -2.17. The van der Waals surface area contributed by atoms with Crippen LogP contribution in [0.25, 0.3) is 0 Å². The van der Waals surface area contributed by atoms with Crippen LogP contribution in [0.4, 0.5) is 0 Å². The van der Waals surface area contributed by atoms with E-state index < -0.39 is 10.8 Å². The molecular weight excluding hydrogens is 253 g/mol. The predicted molar refractivity (Wildman–Crippen MR) is 66.0 cm³/mol. The maximum atomic E-state index is 11.8. The lowest BCUT2D eigenvalue weighted by Gasteiger charge is -2.07. The standard InChI is InChI=1S/C10H13Cl2NOS/c1-7(13)4-5-15(14)10-6-8(11)2-3-9(10)12/h2-3,6-7H,4-5,13H2,1H3. The van der Waals surface area contributed by atoms with E-state index in [9.17, 15) is 4.21 Å². The van der Waals surface area contributed by atoms with Gasteiger partial charge in [0.2, 0.25) is 0 Å². The summed E-state index contributed by atoms with van der Waals surface area (Å²) in [5.41, 5.74) is 5.59. The largest absolute Gasteiger partial charge is 0.328 e. The normalized spacial score (nSPS) is 14.9. The van der Waals surface area contributed by atoms with Gasteiger partial charge in [-0.1, -0.05) is 23.2 Å². The maximum Gasteiger partial charge on any atom is 0.0589 e. The molecule has 2 nitrogen and oxygen atoms in total. The van der Waals surface area contributed by atoms with Gasteiger partial charge in [-0.2, -0.15) is 0 Å². The van der Waals surface area contributed by atoms with E-state index in [-0.39, 0.29) is 6.04 Å². The minimum absolute atomic E-state index is 0.0481. The summed E-state index contributed by atoms with van der Waals surface area (Å²) in [6, 6.07) is 5.02. The Labute approximate surface area is 102 Å². The average Bonchev–Trinajstić information content (AvgIpc) is 2.18. The summed E-state index contributed by atoms with van der Waals surface area (Å²) in [6.07, 6.45) is 0.704. The highest BCUT2D eigenvalue weighted by molar-refractivity contribution is 7.85. The van der Waals surface area contributed by atoms with Crippen LogP contribution in [-0.2, 0) is 10.8 Å². The lowest BCUT2D eigenvalue weighted by molar-refractivity contribution is 0.668. The van der Waals surface area contributed by atoms with Crippen molar-refractivity contribution in [1.82, 2.24) is 0 Å². The number of hydrogen-bond acceptors (Lipinski definition) is 2. The molecule has 0 spiro atoms. The van der Waals surface area contributed by atoms with Crippen molar-refractivity contribution < 1.29 is 4.21 Å². The molecule has 0 radical (unpaired) electrons. The van der Waals surface area contributed by atoms with Gasteiger partial charge in [-0.25, -0.2) is 0 Å². The fraction of sp³-hybridized carbons (Fsp3) is 0.400. The Bertz CT molecular complexity index is 368. The summed E-state index contributed by atoms with van der Waals surface area (Å²) in [6.45, 7) is 1.89. The molecule has 0 bridgehead atoms. The van der Waals surface area contributed by atoms with Crippen LogP contribution in [-0.4, -0.2) is 16.0 Å². The molecule has 5 heteroatoms. The summed E-state index contributed by atoms with van der Waals surface area (Å²) in [5, 5.41) is 1.03. The van der Waals surface area contributed by atoms with Crippen molar-refractivity contribution in [3.63, 3.8) is 0 Å². The van der Waals surface area contributed by atoms with E-state index >= 15 is 0 Å².